The van der Waals surface area contributed by atoms with Crippen molar-refractivity contribution in [1.29, 1.82) is 0 Å². The molecule has 0 bridgehead atoms. The van der Waals surface area contributed by atoms with E-state index in [1.54, 1.807) is 24.3 Å². The van der Waals surface area contributed by atoms with Gasteiger partial charge in [-0.2, -0.15) is 4.90 Å². The lowest BCUT2D eigenvalue weighted by Gasteiger charge is -2.45. The van der Waals surface area contributed by atoms with E-state index >= 15 is 0 Å². The lowest BCUT2D eigenvalue weighted by atomic mass is 9.73. The van der Waals surface area contributed by atoms with E-state index in [1.165, 1.54) is 0 Å². The van der Waals surface area contributed by atoms with Crippen LogP contribution in [0.25, 0.3) is 0 Å². The van der Waals surface area contributed by atoms with E-state index in [0.29, 0.717) is 5.56 Å². The lowest BCUT2D eigenvalue weighted by molar-refractivity contribution is -0.375. The van der Waals surface area contributed by atoms with E-state index in [9.17, 15) is 20.4 Å². The van der Waals surface area contributed by atoms with Crippen molar-refractivity contribution in [3.05, 3.63) is 47.4 Å². The molecule has 0 aromatic heterocycles. The summed E-state index contributed by atoms with van der Waals surface area (Å²) in [5.41, 5.74) is -0.273. The van der Waals surface area contributed by atoms with Gasteiger partial charge in [0.05, 0.1) is 11.2 Å². The Bertz CT molecular complexity index is 686. The van der Waals surface area contributed by atoms with Crippen molar-refractivity contribution in [3.8, 4) is 0 Å². The van der Waals surface area contributed by atoms with Crippen LogP contribution in [0.3, 0.4) is 0 Å². The molecule has 0 unspecified atom stereocenters. The van der Waals surface area contributed by atoms with Crippen LogP contribution in [0.1, 0.15) is 53.5 Å². The second kappa shape index (κ2) is 7.87. The van der Waals surface area contributed by atoms with Gasteiger partial charge in [0.1, 0.15) is 0 Å². The van der Waals surface area contributed by atoms with Crippen molar-refractivity contribution in [1.82, 2.24) is 4.90 Å². The van der Waals surface area contributed by atoms with E-state index in [-0.39, 0.29) is 18.4 Å². The van der Waals surface area contributed by atoms with Crippen molar-refractivity contribution in [2.75, 3.05) is 0 Å². The van der Waals surface area contributed by atoms with Gasteiger partial charge in [-0.3, -0.25) is 0 Å². The zero-order valence-electron chi connectivity index (χ0n) is 17.5. The Labute approximate surface area is 167 Å². The zero-order chi connectivity index (χ0) is 21.4. The van der Waals surface area contributed by atoms with Crippen LogP contribution in [0.15, 0.2) is 41.9 Å². The molecule has 28 heavy (non-hydrogen) atoms. The number of nitrogens with zero attached hydrogens (tertiary/aromatic N) is 1. The van der Waals surface area contributed by atoms with Gasteiger partial charge in [-0.1, -0.05) is 44.2 Å². The fourth-order valence-corrected chi connectivity index (χ4v) is 3.17. The van der Waals surface area contributed by atoms with Crippen LogP contribution in [-0.2, 0) is 15.9 Å². The third-order valence-corrected chi connectivity index (χ3v) is 5.39. The zero-order valence-corrected chi connectivity index (χ0v) is 17.5. The summed E-state index contributed by atoms with van der Waals surface area (Å²) in [5, 5.41) is 42.1. The molecule has 156 valence electrons. The van der Waals surface area contributed by atoms with Gasteiger partial charge in [0.25, 0.3) is 0 Å². The molecule has 0 radical (unpaired) electrons. The topological polar surface area (TPSA) is 103 Å². The summed E-state index contributed by atoms with van der Waals surface area (Å²) in [6.45, 7) is 11.4. The maximum Gasteiger partial charge on any atom is 0.490 e. The van der Waals surface area contributed by atoms with Crippen LogP contribution < -0.4 is 0 Å². The van der Waals surface area contributed by atoms with Crippen molar-refractivity contribution in [2.24, 2.45) is 0 Å². The predicted octanol–water partition coefficient (Wildman–Crippen LogP) is 1.75. The number of hydrogen-bond donors (Lipinski definition) is 4. The fourth-order valence-electron chi connectivity index (χ4n) is 3.17. The summed E-state index contributed by atoms with van der Waals surface area (Å²) >= 11 is 0. The molecule has 1 saturated heterocycles. The third-order valence-electron chi connectivity index (χ3n) is 5.39. The Morgan fingerprint density at radius 2 is 1.43 bits per heavy atom. The number of rotatable bonds is 3. The first-order valence-corrected chi connectivity index (χ1v) is 9.62. The molecule has 3 rings (SSSR count). The van der Waals surface area contributed by atoms with Gasteiger partial charge in [-0.25, -0.2) is 0 Å². The standard InChI is InChI=1S/C18H26BNO6.C2H6/c1-15(2)16(3,4)26-19(25-15)14-10-17(21,22)20(18(23,24)11-14)12-13-8-6-5-7-9-13;1-2/h5-10,21-24H,11-12H2,1-4H3;1-2H3. The van der Waals surface area contributed by atoms with E-state index < -0.39 is 30.1 Å². The maximum atomic E-state index is 10.5. The fraction of sp³-hybridized carbons (Fsp3) is 0.600. The normalized spacial score (nSPS) is 24.9. The summed E-state index contributed by atoms with van der Waals surface area (Å²) in [6.07, 6.45) is 0.891. The third kappa shape index (κ3) is 4.49. The van der Waals surface area contributed by atoms with E-state index in [4.69, 9.17) is 9.31 Å². The van der Waals surface area contributed by atoms with E-state index in [0.717, 1.165) is 11.0 Å². The van der Waals surface area contributed by atoms with Gasteiger partial charge in [0.2, 0.25) is 11.8 Å². The number of hydrogen-bond acceptors (Lipinski definition) is 7. The van der Waals surface area contributed by atoms with Crippen molar-refractivity contribution in [2.45, 2.75) is 77.5 Å². The van der Waals surface area contributed by atoms with Crippen LogP contribution in [0, 0.1) is 0 Å². The van der Waals surface area contributed by atoms with Gasteiger partial charge < -0.3 is 29.7 Å². The summed E-state index contributed by atoms with van der Waals surface area (Å²) < 4.78 is 11.8. The summed E-state index contributed by atoms with van der Waals surface area (Å²) in [5.74, 6) is -5.05. The summed E-state index contributed by atoms with van der Waals surface area (Å²) in [7, 11) is -0.892. The number of benzene rings is 1. The first kappa shape index (κ1) is 23.0. The molecule has 0 saturated carbocycles. The minimum atomic E-state index is -2.57. The molecule has 0 aliphatic carbocycles. The van der Waals surface area contributed by atoms with Crippen molar-refractivity contribution < 1.29 is 29.7 Å². The molecular formula is C20H32BNO6. The molecule has 2 heterocycles. The molecule has 1 aromatic carbocycles. The van der Waals surface area contributed by atoms with E-state index in [1.807, 2.05) is 47.6 Å². The molecule has 1 aromatic rings. The largest absolute Gasteiger partial charge is 0.490 e. The molecule has 0 amide bonds. The van der Waals surface area contributed by atoms with Gasteiger partial charge >= 0.3 is 7.12 Å². The van der Waals surface area contributed by atoms with Crippen molar-refractivity contribution >= 4 is 7.12 Å². The molecular weight excluding hydrogens is 361 g/mol. The summed E-state index contributed by atoms with van der Waals surface area (Å²) in [6, 6.07) is 8.93. The average Bonchev–Trinajstić information content (AvgIpc) is 2.81. The molecule has 1 fully saturated rings. The van der Waals surface area contributed by atoms with Crippen LogP contribution in [0.5, 0.6) is 0 Å². The maximum absolute atomic E-state index is 10.5. The number of aliphatic hydroxyl groups is 4. The SMILES string of the molecule is CC.CC1(C)OB(C2=CC(O)(O)N(Cc3ccccc3)C(O)(O)C2)OC1(C)C. The molecule has 4 N–H and O–H groups in total. The Morgan fingerprint density at radius 3 is 1.89 bits per heavy atom. The Balaban J connectivity index is 0.00000136. The second-order valence-electron chi connectivity index (χ2n) is 8.02. The molecule has 0 spiro atoms. The minimum absolute atomic E-state index is 0.0615. The Hall–Kier alpha value is -1.26. The highest BCUT2D eigenvalue weighted by Crippen LogP contribution is 2.42. The highest BCUT2D eigenvalue weighted by Gasteiger charge is 2.57. The van der Waals surface area contributed by atoms with Gasteiger partial charge in [0, 0.05) is 13.0 Å². The van der Waals surface area contributed by atoms with Crippen LogP contribution >= 0.6 is 0 Å². The van der Waals surface area contributed by atoms with Crippen molar-refractivity contribution in [3.63, 3.8) is 0 Å². The molecule has 2 aliphatic heterocycles. The second-order valence-corrected chi connectivity index (χ2v) is 8.02. The van der Waals surface area contributed by atoms with Gasteiger partial charge in [0.15, 0.2) is 0 Å². The first-order chi connectivity index (χ1) is 12.8. The lowest BCUT2D eigenvalue weighted by Crippen LogP contribution is -2.63. The van der Waals surface area contributed by atoms with Crippen LogP contribution in [-0.4, -0.2) is 55.5 Å². The molecule has 2 aliphatic rings. The quantitative estimate of drug-likeness (QED) is 0.458. The highest BCUT2D eigenvalue weighted by atomic mass is 16.7. The van der Waals surface area contributed by atoms with Gasteiger partial charge in [-0.05, 0) is 44.8 Å². The van der Waals surface area contributed by atoms with Gasteiger partial charge in [-0.15, -0.1) is 0 Å². The van der Waals surface area contributed by atoms with Crippen LogP contribution in [0.2, 0.25) is 0 Å². The summed E-state index contributed by atoms with van der Waals surface area (Å²) in [4.78, 5) is 0.810. The predicted molar refractivity (Wildman–Crippen MR) is 106 cm³/mol. The first-order valence-electron chi connectivity index (χ1n) is 9.62. The minimum Gasteiger partial charge on any atom is -0.400 e. The average molecular weight is 393 g/mol. The monoisotopic (exact) mass is 393 g/mol. The Morgan fingerprint density at radius 1 is 0.929 bits per heavy atom. The molecule has 0 atom stereocenters. The highest BCUT2D eigenvalue weighted by molar-refractivity contribution is 6.54. The molecule has 8 heteroatoms. The van der Waals surface area contributed by atoms with E-state index in [2.05, 4.69) is 0 Å². The Kier molecular flexibility index (Phi) is 6.48. The smallest absolute Gasteiger partial charge is 0.400 e. The van der Waals surface area contributed by atoms with Crippen LogP contribution in [0.4, 0.5) is 0 Å². The molecule has 7 nitrogen and oxygen atoms in total.